The number of hydrogen-bond acceptors (Lipinski definition) is 3. The summed E-state index contributed by atoms with van der Waals surface area (Å²) in [5.41, 5.74) is 6.90. The van der Waals surface area contributed by atoms with E-state index in [-0.39, 0.29) is 11.3 Å². The standard InChI is InChI=1S/C15H15FN2O2/c1-20-13-4-2-3-12(16)14(13)15(19)18-11-7-5-10(9-17)6-8-11/h2-8H,9,17H2,1H3,(H,18,19). The first-order valence-corrected chi connectivity index (χ1v) is 6.08. The highest BCUT2D eigenvalue weighted by Gasteiger charge is 2.17. The van der Waals surface area contributed by atoms with Crippen LogP contribution in [0, 0.1) is 5.82 Å². The van der Waals surface area contributed by atoms with E-state index in [2.05, 4.69) is 5.32 Å². The van der Waals surface area contributed by atoms with Crippen LogP contribution < -0.4 is 15.8 Å². The zero-order valence-electron chi connectivity index (χ0n) is 11.0. The molecule has 0 aliphatic heterocycles. The summed E-state index contributed by atoms with van der Waals surface area (Å²) < 4.78 is 18.8. The van der Waals surface area contributed by atoms with E-state index in [9.17, 15) is 9.18 Å². The molecule has 0 aliphatic carbocycles. The van der Waals surface area contributed by atoms with E-state index in [1.807, 2.05) is 0 Å². The maximum absolute atomic E-state index is 13.8. The molecule has 2 rings (SSSR count). The highest BCUT2D eigenvalue weighted by molar-refractivity contribution is 6.06. The summed E-state index contributed by atoms with van der Waals surface area (Å²) in [5, 5.41) is 2.63. The van der Waals surface area contributed by atoms with Crippen molar-refractivity contribution in [3.05, 3.63) is 59.4 Å². The number of ether oxygens (including phenoxy) is 1. The maximum atomic E-state index is 13.8. The lowest BCUT2D eigenvalue weighted by molar-refractivity contribution is 0.102. The monoisotopic (exact) mass is 274 g/mol. The normalized spacial score (nSPS) is 10.2. The van der Waals surface area contributed by atoms with Gasteiger partial charge in [-0.3, -0.25) is 4.79 Å². The van der Waals surface area contributed by atoms with E-state index in [4.69, 9.17) is 10.5 Å². The van der Waals surface area contributed by atoms with Gasteiger partial charge in [-0.25, -0.2) is 4.39 Å². The number of nitrogens with two attached hydrogens (primary N) is 1. The molecule has 5 heteroatoms. The summed E-state index contributed by atoms with van der Waals surface area (Å²) in [6.45, 7) is 0.426. The summed E-state index contributed by atoms with van der Waals surface area (Å²) in [6, 6.07) is 11.3. The van der Waals surface area contributed by atoms with E-state index in [1.54, 1.807) is 24.3 Å². The molecule has 0 saturated heterocycles. The molecule has 0 saturated carbocycles. The van der Waals surface area contributed by atoms with Crippen molar-refractivity contribution < 1.29 is 13.9 Å². The molecular formula is C15H15FN2O2. The lowest BCUT2D eigenvalue weighted by Gasteiger charge is -2.10. The number of methoxy groups -OCH3 is 1. The number of hydrogen-bond donors (Lipinski definition) is 2. The van der Waals surface area contributed by atoms with Crippen molar-refractivity contribution in [3.63, 3.8) is 0 Å². The number of rotatable bonds is 4. The molecule has 0 heterocycles. The number of anilines is 1. The molecule has 0 unspecified atom stereocenters. The summed E-state index contributed by atoms with van der Waals surface area (Å²) in [4.78, 5) is 12.1. The second-order valence-corrected chi connectivity index (χ2v) is 4.17. The zero-order valence-corrected chi connectivity index (χ0v) is 11.0. The molecule has 2 aromatic carbocycles. The smallest absolute Gasteiger partial charge is 0.262 e. The minimum Gasteiger partial charge on any atom is -0.496 e. The molecule has 0 radical (unpaired) electrons. The lowest BCUT2D eigenvalue weighted by atomic mass is 10.1. The number of amides is 1. The van der Waals surface area contributed by atoms with Crippen LogP contribution in [0.3, 0.4) is 0 Å². The first kappa shape index (κ1) is 14.0. The number of carbonyl (C=O) groups is 1. The zero-order chi connectivity index (χ0) is 14.5. The number of halogens is 1. The van der Waals surface area contributed by atoms with Gasteiger partial charge < -0.3 is 15.8 Å². The van der Waals surface area contributed by atoms with Crippen molar-refractivity contribution in [1.82, 2.24) is 0 Å². The maximum Gasteiger partial charge on any atom is 0.262 e. The van der Waals surface area contributed by atoms with Crippen molar-refractivity contribution >= 4 is 11.6 Å². The molecule has 4 nitrogen and oxygen atoms in total. The lowest BCUT2D eigenvalue weighted by Crippen LogP contribution is -2.15. The van der Waals surface area contributed by atoms with Crippen LogP contribution in [0.15, 0.2) is 42.5 Å². The van der Waals surface area contributed by atoms with Crippen LogP contribution >= 0.6 is 0 Å². The van der Waals surface area contributed by atoms with E-state index in [1.165, 1.54) is 25.3 Å². The quantitative estimate of drug-likeness (QED) is 0.900. The van der Waals surface area contributed by atoms with Gasteiger partial charge in [0.05, 0.1) is 7.11 Å². The molecule has 3 N–H and O–H groups in total. The summed E-state index contributed by atoms with van der Waals surface area (Å²) in [5.74, 6) is -0.984. The van der Waals surface area contributed by atoms with Gasteiger partial charge in [-0.1, -0.05) is 18.2 Å². The van der Waals surface area contributed by atoms with Crippen LogP contribution in [-0.2, 0) is 6.54 Å². The van der Waals surface area contributed by atoms with Gasteiger partial charge >= 0.3 is 0 Å². The molecule has 0 fully saturated rings. The van der Waals surface area contributed by atoms with E-state index < -0.39 is 11.7 Å². The van der Waals surface area contributed by atoms with Gasteiger partial charge in [0.1, 0.15) is 17.1 Å². The molecule has 0 atom stereocenters. The van der Waals surface area contributed by atoms with E-state index >= 15 is 0 Å². The largest absolute Gasteiger partial charge is 0.496 e. The fourth-order valence-corrected chi connectivity index (χ4v) is 1.81. The Labute approximate surface area is 116 Å². The van der Waals surface area contributed by atoms with Crippen molar-refractivity contribution in [2.24, 2.45) is 5.73 Å². The Morgan fingerprint density at radius 2 is 1.95 bits per heavy atom. The Balaban J connectivity index is 2.23. The van der Waals surface area contributed by atoms with Crippen molar-refractivity contribution in [1.29, 1.82) is 0 Å². The molecule has 104 valence electrons. The molecule has 0 aromatic heterocycles. The van der Waals surface area contributed by atoms with Crippen molar-refractivity contribution in [3.8, 4) is 5.75 Å². The second kappa shape index (κ2) is 6.16. The summed E-state index contributed by atoms with van der Waals surface area (Å²) in [6.07, 6.45) is 0. The molecule has 0 spiro atoms. The average Bonchev–Trinajstić information content (AvgIpc) is 2.47. The first-order valence-electron chi connectivity index (χ1n) is 6.08. The minimum absolute atomic E-state index is 0.113. The van der Waals surface area contributed by atoms with Crippen LogP contribution in [-0.4, -0.2) is 13.0 Å². The van der Waals surface area contributed by atoms with Gasteiger partial charge in [-0.05, 0) is 29.8 Å². The third kappa shape index (κ3) is 2.95. The summed E-state index contributed by atoms with van der Waals surface area (Å²) >= 11 is 0. The van der Waals surface area contributed by atoms with Gasteiger partial charge in [0, 0.05) is 12.2 Å². The van der Waals surface area contributed by atoms with E-state index in [0.29, 0.717) is 12.2 Å². The van der Waals surface area contributed by atoms with Crippen LogP contribution in [0.4, 0.5) is 10.1 Å². The SMILES string of the molecule is COc1cccc(F)c1C(=O)Nc1ccc(CN)cc1. The van der Waals surface area contributed by atoms with Crippen molar-refractivity contribution in [2.75, 3.05) is 12.4 Å². The Kier molecular flexibility index (Phi) is 4.32. The van der Waals surface area contributed by atoms with Crippen LogP contribution in [0.1, 0.15) is 15.9 Å². The minimum atomic E-state index is -0.625. The molecule has 0 bridgehead atoms. The van der Waals surface area contributed by atoms with Crippen LogP contribution in [0.2, 0.25) is 0 Å². The topological polar surface area (TPSA) is 64.3 Å². The number of nitrogens with one attached hydrogen (secondary N) is 1. The molecule has 20 heavy (non-hydrogen) atoms. The van der Waals surface area contributed by atoms with E-state index in [0.717, 1.165) is 5.56 Å². The fraction of sp³-hybridized carbons (Fsp3) is 0.133. The highest BCUT2D eigenvalue weighted by atomic mass is 19.1. The predicted octanol–water partition coefficient (Wildman–Crippen LogP) is 2.55. The summed E-state index contributed by atoms with van der Waals surface area (Å²) in [7, 11) is 1.39. The van der Waals surface area contributed by atoms with Crippen LogP contribution in [0.25, 0.3) is 0 Å². The molecule has 1 amide bonds. The Hall–Kier alpha value is -2.40. The predicted molar refractivity (Wildman–Crippen MR) is 75.2 cm³/mol. The van der Waals surface area contributed by atoms with Gasteiger partial charge in [-0.15, -0.1) is 0 Å². The number of carbonyl (C=O) groups excluding carboxylic acids is 1. The first-order chi connectivity index (χ1) is 9.65. The van der Waals surface area contributed by atoms with Gasteiger partial charge in [0.15, 0.2) is 0 Å². The number of benzene rings is 2. The fourth-order valence-electron chi connectivity index (χ4n) is 1.81. The Morgan fingerprint density at radius 3 is 2.55 bits per heavy atom. The van der Waals surface area contributed by atoms with Crippen LogP contribution in [0.5, 0.6) is 5.75 Å². The third-order valence-electron chi connectivity index (χ3n) is 2.87. The Morgan fingerprint density at radius 1 is 1.25 bits per heavy atom. The van der Waals surface area contributed by atoms with Gasteiger partial charge in [-0.2, -0.15) is 0 Å². The van der Waals surface area contributed by atoms with Gasteiger partial charge in [0.25, 0.3) is 5.91 Å². The second-order valence-electron chi connectivity index (χ2n) is 4.17. The molecule has 2 aromatic rings. The molecular weight excluding hydrogens is 259 g/mol. The highest BCUT2D eigenvalue weighted by Crippen LogP contribution is 2.22. The van der Waals surface area contributed by atoms with Gasteiger partial charge in [0.2, 0.25) is 0 Å². The average molecular weight is 274 g/mol. The Bertz CT molecular complexity index is 612. The third-order valence-corrected chi connectivity index (χ3v) is 2.87. The molecule has 0 aliphatic rings. The van der Waals surface area contributed by atoms with Crippen molar-refractivity contribution in [2.45, 2.75) is 6.54 Å².